The lowest BCUT2D eigenvalue weighted by Gasteiger charge is -2.38. The van der Waals surface area contributed by atoms with E-state index in [4.69, 9.17) is 9.47 Å². The molecule has 0 saturated heterocycles. The second kappa shape index (κ2) is 23.5. The molecule has 0 radical (unpaired) electrons. The molecule has 0 aliphatic carbocycles. The molecule has 0 aliphatic heterocycles. The molecule has 0 amide bonds. The summed E-state index contributed by atoms with van der Waals surface area (Å²) in [6, 6.07) is 2.72. The van der Waals surface area contributed by atoms with Crippen LogP contribution >= 0.6 is 0 Å². The van der Waals surface area contributed by atoms with Gasteiger partial charge in [-0.1, -0.05) is 70.3 Å². The first-order chi connectivity index (χ1) is 23.8. The zero-order valence-electron chi connectivity index (χ0n) is 29.2. The van der Waals surface area contributed by atoms with Crippen molar-refractivity contribution >= 4 is 30.3 Å². The van der Waals surface area contributed by atoms with E-state index in [2.05, 4.69) is 51.8 Å². The van der Waals surface area contributed by atoms with Gasteiger partial charge in [0, 0.05) is 36.8 Å². The Balaban J connectivity index is 0. The van der Waals surface area contributed by atoms with Crippen LogP contribution in [0.1, 0.15) is 93.1 Å². The van der Waals surface area contributed by atoms with Gasteiger partial charge in [0.1, 0.15) is 13.2 Å². The molecule has 0 saturated carbocycles. The minimum Gasteiger partial charge on any atom is -0.464 e. The molecule has 0 unspecified atom stereocenters. The van der Waals surface area contributed by atoms with Gasteiger partial charge in [0.05, 0.1) is 5.56 Å². The average Bonchev–Trinajstić information content (AvgIpc) is 3.06. The Labute approximate surface area is 294 Å². The first-order valence-corrected chi connectivity index (χ1v) is 15.2. The van der Waals surface area contributed by atoms with E-state index in [-0.39, 0.29) is 43.8 Å². The third-order valence-electron chi connectivity index (χ3n) is 6.24. The van der Waals surface area contributed by atoms with Crippen LogP contribution in [0.2, 0.25) is 0 Å². The minimum atomic E-state index is -6.11. The van der Waals surface area contributed by atoms with Crippen LogP contribution in [0.4, 0.5) is 26.3 Å². The fourth-order valence-electron chi connectivity index (χ4n) is 4.19. The number of ketones is 2. The summed E-state index contributed by atoms with van der Waals surface area (Å²) < 4.78 is 102. The number of Topliss-reactive ketones (excluding diaryl/α,β-unsaturated/α-hetero) is 2. The van der Waals surface area contributed by atoms with Gasteiger partial charge in [0.15, 0.2) is 17.9 Å². The number of alkyl halides is 6. The molecule has 0 bridgehead atoms. The van der Waals surface area contributed by atoms with E-state index in [1.165, 1.54) is 7.11 Å². The Morgan fingerprint density at radius 2 is 1.27 bits per heavy atom. The number of carbonyl (C=O) groups excluding carboxylic acids is 5. The topological polar surface area (TPSA) is 113 Å². The number of halogens is 6. The van der Waals surface area contributed by atoms with E-state index in [0.29, 0.717) is 30.3 Å². The van der Waals surface area contributed by atoms with Crippen LogP contribution in [0, 0.1) is 5.92 Å². The number of aldehydes is 1. The van der Waals surface area contributed by atoms with Crippen LogP contribution in [-0.2, 0) is 24.4 Å². The first-order valence-electron chi connectivity index (χ1n) is 15.2. The predicted octanol–water partition coefficient (Wildman–Crippen LogP) is 8.87. The lowest BCUT2D eigenvalue weighted by atomic mass is 9.71. The van der Waals surface area contributed by atoms with Gasteiger partial charge in [-0.05, 0) is 42.5 Å². The van der Waals surface area contributed by atoms with E-state index in [0.717, 1.165) is 12.8 Å². The number of carbonyl (C=O) groups is 5. The molecule has 0 heterocycles. The van der Waals surface area contributed by atoms with E-state index < -0.39 is 76.3 Å². The molecule has 2 rings (SSSR count). The van der Waals surface area contributed by atoms with E-state index in [9.17, 15) is 50.3 Å². The average molecular weight is 731 g/mol. The Hall–Kier alpha value is -4.85. The number of esters is 1. The highest BCUT2D eigenvalue weighted by atomic mass is 19.4. The van der Waals surface area contributed by atoms with Crippen molar-refractivity contribution in [3.63, 3.8) is 0 Å². The second-order valence-corrected chi connectivity index (χ2v) is 10.8. The van der Waals surface area contributed by atoms with Gasteiger partial charge < -0.3 is 14.2 Å². The normalized spacial score (nSPS) is 10.8. The van der Waals surface area contributed by atoms with Crippen molar-refractivity contribution in [1.29, 1.82) is 0 Å². The summed E-state index contributed by atoms with van der Waals surface area (Å²) in [6.45, 7) is 19.2. The summed E-state index contributed by atoms with van der Waals surface area (Å²) in [6.07, 6.45) is -9.16. The van der Waals surface area contributed by atoms with Crippen LogP contribution in [0.3, 0.4) is 0 Å². The van der Waals surface area contributed by atoms with E-state index in [1.807, 2.05) is 0 Å². The maximum absolute atomic E-state index is 14.8. The van der Waals surface area contributed by atoms with Crippen LogP contribution in [0.5, 0.6) is 0 Å². The molecular formula is C37H44F6O8. The summed E-state index contributed by atoms with van der Waals surface area (Å²) in [4.78, 5) is 59.1. The summed E-state index contributed by atoms with van der Waals surface area (Å²) in [7, 11) is 1.33. The Morgan fingerprint density at radius 3 is 1.69 bits per heavy atom. The maximum atomic E-state index is 14.8. The Kier molecular flexibility index (Phi) is 22.3. The summed E-state index contributed by atoms with van der Waals surface area (Å²) >= 11 is 0. The van der Waals surface area contributed by atoms with Gasteiger partial charge in [-0.3, -0.25) is 19.2 Å². The maximum Gasteiger partial charge on any atom is 0.411 e. The number of methoxy groups -OCH3 is 1. The van der Waals surface area contributed by atoms with Gasteiger partial charge in [-0.25, -0.2) is 4.79 Å². The summed E-state index contributed by atoms with van der Waals surface area (Å²) in [5.74, 6) is -2.27. The number of rotatable bonds is 15. The first kappa shape index (κ1) is 48.3. The van der Waals surface area contributed by atoms with Crippen molar-refractivity contribution in [2.24, 2.45) is 5.92 Å². The van der Waals surface area contributed by atoms with Crippen molar-refractivity contribution in [1.82, 2.24) is 0 Å². The van der Waals surface area contributed by atoms with Gasteiger partial charge >= 0.3 is 18.3 Å². The van der Waals surface area contributed by atoms with Crippen molar-refractivity contribution in [3.8, 4) is 0 Å². The lowest BCUT2D eigenvalue weighted by Crippen LogP contribution is -2.55. The number of allylic oxidation sites excluding steroid dienone is 2. The standard InChI is InChI=1S/C27H24F6O8.C4H10.C4H6.C2H4/c1-16(36)20-8-7-19(13-22(20)23(37)4-3-9-39-2)25(26(28,29)30,27(31,32)33)18-6-5-17(14-34)21(12-18)24(38)41-11-10-40-15-35;1-4(2)3;1-3-4-2;1-2/h5-8,12-15H,3-4,9-11H2,1-2H3;4H,1-3H3;3-4H,1-2H2;1-2H2. The largest absolute Gasteiger partial charge is 0.464 e. The van der Waals surface area contributed by atoms with Gasteiger partial charge in [0.25, 0.3) is 6.47 Å². The number of benzene rings is 2. The quantitative estimate of drug-likeness (QED) is 0.0340. The van der Waals surface area contributed by atoms with Crippen LogP contribution in [-0.4, -0.2) is 69.6 Å². The van der Waals surface area contributed by atoms with E-state index >= 15 is 0 Å². The third kappa shape index (κ3) is 14.1. The molecule has 0 aliphatic rings. The predicted molar refractivity (Wildman–Crippen MR) is 181 cm³/mol. The highest BCUT2D eigenvalue weighted by Crippen LogP contribution is 2.56. The zero-order chi connectivity index (χ0) is 40.0. The van der Waals surface area contributed by atoms with Crippen molar-refractivity contribution in [2.45, 2.75) is 58.3 Å². The molecule has 0 aromatic heterocycles. The van der Waals surface area contributed by atoms with E-state index in [1.54, 1.807) is 12.2 Å². The molecule has 2 aromatic carbocycles. The molecule has 51 heavy (non-hydrogen) atoms. The molecule has 14 heteroatoms. The molecule has 0 spiro atoms. The highest BCUT2D eigenvalue weighted by molar-refractivity contribution is 6.08. The Bertz CT molecular complexity index is 1440. The Morgan fingerprint density at radius 1 is 0.784 bits per heavy atom. The number of hydrogen-bond acceptors (Lipinski definition) is 8. The van der Waals surface area contributed by atoms with Crippen LogP contribution < -0.4 is 0 Å². The zero-order valence-corrected chi connectivity index (χ0v) is 29.2. The molecule has 0 N–H and O–H groups in total. The molecule has 0 fully saturated rings. The van der Waals surface area contributed by atoms with Gasteiger partial charge in [-0.15, -0.1) is 13.2 Å². The van der Waals surface area contributed by atoms with Crippen molar-refractivity contribution in [3.05, 3.63) is 108 Å². The van der Waals surface area contributed by atoms with Crippen LogP contribution in [0.15, 0.2) is 74.9 Å². The highest BCUT2D eigenvalue weighted by Gasteiger charge is 2.72. The molecular weight excluding hydrogens is 686 g/mol. The number of ether oxygens (including phenoxy) is 3. The smallest absolute Gasteiger partial charge is 0.411 e. The second-order valence-electron chi connectivity index (χ2n) is 10.8. The van der Waals surface area contributed by atoms with Gasteiger partial charge in [0.2, 0.25) is 5.41 Å². The third-order valence-corrected chi connectivity index (χ3v) is 6.24. The van der Waals surface area contributed by atoms with Crippen molar-refractivity contribution < 1.29 is 64.5 Å². The minimum absolute atomic E-state index is 0.0142. The monoisotopic (exact) mass is 730 g/mol. The summed E-state index contributed by atoms with van der Waals surface area (Å²) in [5, 5.41) is 0. The SMILES string of the molecule is C=C.C=CC=C.CC(C)C.COCCCC(=O)c1cc(C(c2ccc(C=O)c(C(=O)OCCOC=O)c2)(C(F)(F)F)C(F)(F)F)ccc1C(C)=O. The summed E-state index contributed by atoms with van der Waals surface area (Å²) in [5.41, 5.74) is -10.3. The van der Waals surface area contributed by atoms with Crippen LogP contribution in [0.25, 0.3) is 0 Å². The fraction of sp³-hybridized carbons (Fsp3) is 0.378. The van der Waals surface area contributed by atoms with Crippen molar-refractivity contribution in [2.75, 3.05) is 26.9 Å². The lowest BCUT2D eigenvalue weighted by molar-refractivity contribution is -0.288. The molecule has 2 aromatic rings. The molecule has 282 valence electrons. The molecule has 8 nitrogen and oxygen atoms in total. The van der Waals surface area contributed by atoms with Gasteiger partial charge in [-0.2, -0.15) is 26.3 Å². The number of hydrogen-bond donors (Lipinski definition) is 0. The molecule has 0 atom stereocenters. The fourth-order valence-corrected chi connectivity index (χ4v) is 4.19.